The third kappa shape index (κ3) is 3.07. The predicted octanol–water partition coefficient (Wildman–Crippen LogP) is 3.56. The smallest absolute Gasteiger partial charge is 0.229 e. The molecule has 5 heteroatoms. The second-order valence-corrected chi connectivity index (χ2v) is 14.1. The van der Waals surface area contributed by atoms with Crippen molar-refractivity contribution in [3.8, 4) is 0 Å². The van der Waals surface area contributed by atoms with E-state index in [-0.39, 0.29) is 22.9 Å². The van der Waals surface area contributed by atoms with E-state index in [1.165, 1.54) is 0 Å². The molecule has 1 saturated heterocycles. The number of aliphatic hydroxyl groups is 1. The minimum Gasteiger partial charge on any atom is -0.410 e. The Balaban J connectivity index is 1.81. The lowest BCUT2D eigenvalue weighted by atomic mass is 9.91. The molecule has 1 N–H and O–H groups in total. The molecule has 2 bridgehead atoms. The molecule has 0 radical (unpaired) electrons. The summed E-state index contributed by atoms with van der Waals surface area (Å²) >= 11 is 0. The van der Waals surface area contributed by atoms with Gasteiger partial charge in [-0.15, -0.1) is 0 Å². The first kappa shape index (κ1) is 18.6. The van der Waals surface area contributed by atoms with Gasteiger partial charge in [0, 0.05) is 6.54 Å². The second-order valence-electron chi connectivity index (χ2n) is 9.33. The third-order valence-electron chi connectivity index (χ3n) is 6.49. The van der Waals surface area contributed by atoms with Gasteiger partial charge in [-0.05, 0) is 37.0 Å². The number of piperidine rings is 1. The van der Waals surface area contributed by atoms with E-state index in [4.69, 9.17) is 4.43 Å². The van der Waals surface area contributed by atoms with Gasteiger partial charge in [-0.3, -0.25) is 4.79 Å². The fourth-order valence-electron chi connectivity index (χ4n) is 3.90. The summed E-state index contributed by atoms with van der Waals surface area (Å²) in [6.45, 7) is 13.3. The van der Waals surface area contributed by atoms with E-state index in [0.29, 0.717) is 13.0 Å². The van der Waals surface area contributed by atoms with Crippen molar-refractivity contribution in [3.63, 3.8) is 0 Å². The first-order valence-electron chi connectivity index (χ1n) is 9.20. The molecular weight excluding hydrogens is 330 g/mol. The van der Waals surface area contributed by atoms with Crippen LogP contribution in [0.4, 0.5) is 0 Å². The molecular formula is C20H31NO3Si. The van der Waals surface area contributed by atoms with E-state index in [9.17, 15) is 9.90 Å². The normalized spacial score (nSPS) is 32.5. The second kappa shape index (κ2) is 5.93. The van der Waals surface area contributed by atoms with Crippen LogP contribution in [0, 0.1) is 5.92 Å². The van der Waals surface area contributed by atoms with E-state index >= 15 is 0 Å². The summed E-state index contributed by atoms with van der Waals surface area (Å²) in [6.07, 6.45) is 0.302. The van der Waals surface area contributed by atoms with E-state index < -0.39 is 20.0 Å². The highest BCUT2D eigenvalue weighted by Crippen LogP contribution is 2.50. The molecule has 4 nitrogen and oxygen atoms in total. The van der Waals surface area contributed by atoms with E-state index in [2.05, 4.69) is 33.9 Å². The topological polar surface area (TPSA) is 49.8 Å². The molecule has 1 saturated carbocycles. The Kier molecular flexibility index (Phi) is 4.41. The molecule has 25 heavy (non-hydrogen) atoms. The fourth-order valence-corrected chi connectivity index (χ4v) is 5.29. The molecule has 0 unspecified atom stereocenters. The highest BCUT2D eigenvalue weighted by Gasteiger charge is 2.64. The number of rotatable bonds is 4. The first-order chi connectivity index (χ1) is 11.4. The lowest BCUT2D eigenvalue weighted by Gasteiger charge is -2.47. The standard InChI is InChI=1S/C20H31NO3Si/c1-19(2,3)25(5,6)24-17-15-12-16(20(17,4)23)21(18(15)22)13-14-10-8-7-9-11-14/h7-11,15-17,23H,12-13H2,1-6H3/t15-,16+,17-,20+/m1/s1. The fraction of sp³-hybridized carbons (Fsp3) is 0.650. The van der Waals surface area contributed by atoms with Crippen molar-refractivity contribution in [3.05, 3.63) is 35.9 Å². The number of amides is 1. The molecule has 2 fully saturated rings. The highest BCUT2D eigenvalue weighted by atomic mass is 28.4. The molecule has 1 heterocycles. The van der Waals surface area contributed by atoms with Gasteiger partial charge < -0.3 is 14.4 Å². The Morgan fingerprint density at radius 3 is 2.44 bits per heavy atom. The van der Waals surface area contributed by atoms with E-state index in [1.807, 2.05) is 42.2 Å². The zero-order valence-electron chi connectivity index (χ0n) is 16.2. The number of hydrogen-bond donors (Lipinski definition) is 1. The molecule has 1 aromatic carbocycles. The Hall–Kier alpha value is -1.17. The number of fused-ring (bicyclic) bond motifs is 2. The summed E-state index contributed by atoms with van der Waals surface area (Å²) < 4.78 is 6.52. The van der Waals surface area contributed by atoms with Gasteiger partial charge in [-0.1, -0.05) is 51.1 Å². The van der Waals surface area contributed by atoms with Crippen molar-refractivity contribution in [2.45, 2.75) is 76.5 Å². The third-order valence-corrected chi connectivity index (χ3v) is 10.9. The van der Waals surface area contributed by atoms with Crippen LogP contribution in [0.25, 0.3) is 0 Å². The molecule has 3 rings (SSSR count). The van der Waals surface area contributed by atoms with Crippen LogP contribution in [-0.2, 0) is 15.8 Å². The minimum atomic E-state index is -2.05. The number of benzene rings is 1. The lowest BCUT2D eigenvalue weighted by Crippen LogP contribution is -2.62. The van der Waals surface area contributed by atoms with E-state index in [0.717, 1.165) is 5.56 Å². The molecule has 1 aliphatic carbocycles. The van der Waals surface area contributed by atoms with Crippen molar-refractivity contribution >= 4 is 14.2 Å². The van der Waals surface area contributed by atoms with E-state index in [1.54, 1.807) is 0 Å². The van der Waals surface area contributed by atoms with Crippen LogP contribution in [0.1, 0.15) is 39.7 Å². The molecule has 2 aliphatic rings. The van der Waals surface area contributed by atoms with Crippen molar-refractivity contribution in [1.82, 2.24) is 4.90 Å². The molecule has 138 valence electrons. The van der Waals surface area contributed by atoms with Crippen LogP contribution in [-0.4, -0.2) is 42.0 Å². The zero-order valence-corrected chi connectivity index (χ0v) is 17.2. The monoisotopic (exact) mass is 361 g/mol. The molecule has 0 aromatic heterocycles. The van der Waals surface area contributed by atoms with Gasteiger partial charge in [0.25, 0.3) is 0 Å². The van der Waals surface area contributed by atoms with Gasteiger partial charge in [-0.25, -0.2) is 0 Å². The first-order valence-corrected chi connectivity index (χ1v) is 12.1. The van der Waals surface area contributed by atoms with Crippen molar-refractivity contribution in [1.29, 1.82) is 0 Å². The average Bonchev–Trinajstić information content (AvgIpc) is 2.94. The summed E-state index contributed by atoms with van der Waals surface area (Å²) in [5, 5.41) is 11.3. The van der Waals surface area contributed by atoms with Crippen LogP contribution in [0.2, 0.25) is 18.1 Å². The Labute approximate surface area is 152 Å². The number of carbonyl (C=O) groups excluding carboxylic acids is 1. The van der Waals surface area contributed by atoms with Gasteiger partial charge in [0.1, 0.15) is 5.60 Å². The van der Waals surface area contributed by atoms with Gasteiger partial charge in [0.15, 0.2) is 8.32 Å². The summed E-state index contributed by atoms with van der Waals surface area (Å²) in [5.41, 5.74) is 0.101. The maximum atomic E-state index is 13.0. The predicted molar refractivity (Wildman–Crippen MR) is 102 cm³/mol. The number of likely N-dealkylation sites (tertiary alicyclic amines) is 1. The van der Waals surface area contributed by atoms with Gasteiger partial charge in [0.05, 0.1) is 18.1 Å². The van der Waals surface area contributed by atoms with Crippen LogP contribution >= 0.6 is 0 Å². The minimum absolute atomic E-state index is 0.0533. The quantitative estimate of drug-likeness (QED) is 0.834. The summed E-state index contributed by atoms with van der Waals surface area (Å²) in [4.78, 5) is 14.8. The Morgan fingerprint density at radius 1 is 1.28 bits per heavy atom. The van der Waals surface area contributed by atoms with Gasteiger partial charge in [0.2, 0.25) is 5.91 Å². The summed E-state index contributed by atoms with van der Waals surface area (Å²) in [5.74, 6) is -0.0954. The van der Waals surface area contributed by atoms with Crippen molar-refractivity contribution < 1.29 is 14.3 Å². The summed E-state index contributed by atoms with van der Waals surface area (Å²) in [6, 6.07) is 9.82. The number of nitrogens with zero attached hydrogens (tertiary/aromatic N) is 1. The van der Waals surface area contributed by atoms with Gasteiger partial charge >= 0.3 is 0 Å². The van der Waals surface area contributed by atoms with Crippen molar-refractivity contribution in [2.75, 3.05) is 0 Å². The Bertz CT molecular complexity index is 651. The van der Waals surface area contributed by atoms with Crippen LogP contribution in [0.15, 0.2) is 30.3 Å². The van der Waals surface area contributed by atoms with Gasteiger partial charge in [-0.2, -0.15) is 0 Å². The van der Waals surface area contributed by atoms with Crippen LogP contribution in [0.5, 0.6) is 0 Å². The van der Waals surface area contributed by atoms with Crippen LogP contribution in [0.3, 0.4) is 0 Å². The maximum absolute atomic E-state index is 13.0. The lowest BCUT2D eigenvalue weighted by molar-refractivity contribution is -0.158. The Morgan fingerprint density at radius 2 is 1.88 bits per heavy atom. The molecule has 1 aromatic rings. The largest absolute Gasteiger partial charge is 0.410 e. The molecule has 4 atom stereocenters. The van der Waals surface area contributed by atoms with Crippen molar-refractivity contribution in [2.24, 2.45) is 5.92 Å². The average molecular weight is 362 g/mol. The number of hydrogen-bond acceptors (Lipinski definition) is 3. The van der Waals surface area contributed by atoms with Crippen LogP contribution < -0.4 is 0 Å². The molecule has 1 aliphatic heterocycles. The SMILES string of the molecule is CC(C)(C)[Si](C)(C)O[C@@H]1[C@H]2C[C@H](N(Cc3ccccc3)C2=O)[C@]1(C)O. The highest BCUT2D eigenvalue weighted by molar-refractivity contribution is 6.74. The zero-order chi connectivity index (χ0) is 18.6. The molecule has 1 amide bonds. The summed E-state index contributed by atoms with van der Waals surface area (Å²) in [7, 11) is -2.05. The number of carbonyl (C=O) groups is 1. The maximum Gasteiger partial charge on any atom is 0.229 e. The molecule has 0 spiro atoms.